The zero-order valence-electron chi connectivity index (χ0n) is 17.1. The van der Waals surface area contributed by atoms with Crippen molar-refractivity contribution >= 4 is 11.8 Å². The Hall–Kier alpha value is -2.98. The average molecular weight is 386 g/mol. The molecule has 1 aromatic carbocycles. The summed E-state index contributed by atoms with van der Waals surface area (Å²) in [5.74, 6) is 0.763. The SMILES string of the molecule is [C-]#[N+]/C(C#N)=C1C=C(/C=C/c2ccc3c(c2)CCCN3C)OC2(CCCCC2)C/1. The first-order valence-corrected chi connectivity index (χ1v) is 10.6. The molecular weight excluding hydrogens is 358 g/mol. The number of anilines is 1. The number of allylic oxidation sites excluding steroid dienone is 3. The lowest BCUT2D eigenvalue weighted by Gasteiger charge is -2.41. The Morgan fingerprint density at radius 3 is 2.83 bits per heavy atom. The van der Waals surface area contributed by atoms with E-state index in [0.29, 0.717) is 6.42 Å². The lowest BCUT2D eigenvalue weighted by molar-refractivity contribution is -0.0285. The minimum absolute atomic E-state index is 0.195. The number of hydrogen-bond acceptors (Lipinski definition) is 3. The van der Waals surface area contributed by atoms with Crippen molar-refractivity contribution in [3.63, 3.8) is 0 Å². The van der Waals surface area contributed by atoms with Crippen LogP contribution in [0.1, 0.15) is 56.1 Å². The summed E-state index contributed by atoms with van der Waals surface area (Å²) < 4.78 is 6.46. The summed E-state index contributed by atoms with van der Waals surface area (Å²) in [6.45, 7) is 8.47. The average Bonchev–Trinajstić information content (AvgIpc) is 2.74. The zero-order chi connectivity index (χ0) is 20.3. The van der Waals surface area contributed by atoms with E-state index in [1.165, 1.54) is 24.1 Å². The van der Waals surface area contributed by atoms with Crippen LogP contribution in [0.4, 0.5) is 5.69 Å². The van der Waals surface area contributed by atoms with E-state index in [-0.39, 0.29) is 11.3 Å². The maximum atomic E-state index is 9.38. The normalized spacial score (nSPS) is 22.3. The molecule has 0 radical (unpaired) electrons. The molecule has 3 aliphatic rings. The molecular formula is C25H27N3O. The van der Waals surface area contributed by atoms with Crippen molar-refractivity contribution in [2.24, 2.45) is 0 Å². The van der Waals surface area contributed by atoms with Gasteiger partial charge in [-0.05, 0) is 79.5 Å². The van der Waals surface area contributed by atoms with Crippen molar-refractivity contribution in [1.82, 2.24) is 0 Å². The lowest BCUT2D eigenvalue weighted by Crippen LogP contribution is -2.37. The van der Waals surface area contributed by atoms with Gasteiger partial charge in [-0.25, -0.2) is 10.1 Å². The number of aryl methyl sites for hydroxylation is 1. The van der Waals surface area contributed by atoms with E-state index in [1.54, 1.807) is 0 Å². The highest BCUT2D eigenvalue weighted by Gasteiger charge is 2.38. The van der Waals surface area contributed by atoms with Gasteiger partial charge in [-0.2, -0.15) is 0 Å². The van der Waals surface area contributed by atoms with Crippen LogP contribution in [0.15, 0.2) is 47.4 Å². The molecule has 4 nitrogen and oxygen atoms in total. The molecule has 1 aliphatic carbocycles. The van der Waals surface area contributed by atoms with Gasteiger partial charge in [-0.3, -0.25) is 0 Å². The van der Waals surface area contributed by atoms with Crippen molar-refractivity contribution in [3.8, 4) is 6.07 Å². The third-order valence-electron chi connectivity index (χ3n) is 6.34. The molecule has 2 aliphatic heterocycles. The largest absolute Gasteiger partial charge is 0.487 e. The van der Waals surface area contributed by atoms with Gasteiger partial charge in [-0.1, -0.05) is 18.6 Å². The van der Waals surface area contributed by atoms with E-state index in [9.17, 15) is 5.26 Å². The smallest absolute Gasteiger partial charge is 0.265 e. The van der Waals surface area contributed by atoms with Gasteiger partial charge in [0.1, 0.15) is 11.4 Å². The molecule has 0 atom stereocenters. The molecule has 0 unspecified atom stereocenters. The fourth-order valence-corrected chi connectivity index (χ4v) is 4.85. The summed E-state index contributed by atoms with van der Waals surface area (Å²) in [7, 11) is 2.15. The maximum Gasteiger partial charge on any atom is 0.265 e. The van der Waals surface area contributed by atoms with Crippen LogP contribution in [-0.4, -0.2) is 19.2 Å². The molecule has 0 aromatic heterocycles. The van der Waals surface area contributed by atoms with Crippen molar-refractivity contribution in [1.29, 1.82) is 5.26 Å². The zero-order valence-corrected chi connectivity index (χ0v) is 17.1. The van der Waals surface area contributed by atoms with Gasteiger partial charge in [0, 0.05) is 25.7 Å². The number of hydrogen-bond donors (Lipinski definition) is 0. The molecule has 0 N–H and O–H groups in total. The maximum absolute atomic E-state index is 9.38. The molecule has 0 saturated heterocycles. The van der Waals surface area contributed by atoms with E-state index in [1.807, 2.05) is 12.2 Å². The minimum Gasteiger partial charge on any atom is -0.487 e. The van der Waals surface area contributed by atoms with Gasteiger partial charge in [-0.15, -0.1) is 0 Å². The predicted octanol–water partition coefficient (Wildman–Crippen LogP) is 5.79. The summed E-state index contributed by atoms with van der Waals surface area (Å²) in [4.78, 5) is 5.77. The number of fused-ring (bicyclic) bond motifs is 1. The van der Waals surface area contributed by atoms with Crippen LogP contribution >= 0.6 is 0 Å². The van der Waals surface area contributed by atoms with Crippen LogP contribution < -0.4 is 4.90 Å². The second-order valence-corrected chi connectivity index (χ2v) is 8.41. The second kappa shape index (κ2) is 8.18. The second-order valence-electron chi connectivity index (χ2n) is 8.41. The van der Waals surface area contributed by atoms with Gasteiger partial charge in [0.15, 0.2) is 0 Å². The monoisotopic (exact) mass is 385 g/mol. The lowest BCUT2D eigenvalue weighted by atomic mass is 9.78. The van der Waals surface area contributed by atoms with Crippen molar-refractivity contribution in [3.05, 3.63) is 69.9 Å². The highest BCUT2D eigenvalue weighted by molar-refractivity contribution is 5.63. The standard InChI is InChI=1S/C25H27N3O/c1-27-23(18-26)21-16-22(29-25(17-21)12-4-3-5-13-25)10-8-19-9-11-24-20(15-19)7-6-14-28(24)2/h8-11,15-16H,3-7,12-14,17H2,2H3/b10-8+,23-21-. The van der Waals surface area contributed by atoms with Crippen LogP contribution in [0.25, 0.3) is 10.9 Å². The fraction of sp³-hybridized carbons (Fsp3) is 0.440. The number of ether oxygens (including phenoxy) is 1. The summed E-state index contributed by atoms with van der Waals surface area (Å²) in [6, 6.07) is 8.68. The van der Waals surface area contributed by atoms with Crippen molar-refractivity contribution < 1.29 is 4.74 Å². The summed E-state index contributed by atoms with van der Waals surface area (Å²) in [5.41, 5.74) is 4.63. The molecule has 0 amide bonds. The first-order valence-electron chi connectivity index (χ1n) is 10.6. The van der Waals surface area contributed by atoms with Gasteiger partial charge in [0.25, 0.3) is 5.70 Å². The van der Waals surface area contributed by atoms with E-state index >= 15 is 0 Å². The van der Waals surface area contributed by atoms with Crippen molar-refractivity contribution in [2.45, 2.75) is 57.0 Å². The third-order valence-corrected chi connectivity index (χ3v) is 6.34. The first-order chi connectivity index (χ1) is 14.1. The first kappa shape index (κ1) is 19.3. The van der Waals surface area contributed by atoms with Crippen LogP contribution in [0.2, 0.25) is 0 Å². The van der Waals surface area contributed by atoms with Gasteiger partial charge in [0.2, 0.25) is 0 Å². The highest BCUT2D eigenvalue weighted by Crippen LogP contribution is 2.43. The Morgan fingerprint density at radius 2 is 2.07 bits per heavy atom. The Bertz CT molecular complexity index is 949. The summed E-state index contributed by atoms with van der Waals surface area (Å²) in [5, 5.41) is 9.38. The van der Waals surface area contributed by atoms with E-state index in [0.717, 1.165) is 55.5 Å². The fourth-order valence-electron chi connectivity index (χ4n) is 4.85. The number of nitrogens with zero attached hydrogens (tertiary/aromatic N) is 3. The Kier molecular flexibility index (Phi) is 5.45. The molecule has 4 heteroatoms. The van der Waals surface area contributed by atoms with Gasteiger partial charge >= 0.3 is 0 Å². The Labute approximate surface area is 173 Å². The molecule has 1 saturated carbocycles. The van der Waals surface area contributed by atoms with Gasteiger partial charge in [0.05, 0.1) is 12.6 Å². The molecule has 1 aromatic rings. The number of rotatable bonds is 2. The molecule has 0 bridgehead atoms. The molecule has 1 fully saturated rings. The Balaban J connectivity index is 1.63. The number of benzene rings is 1. The number of nitriles is 1. The Morgan fingerprint density at radius 1 is 1.24 bits per heavy atom. The molecule has 4 rings (SSSR count). The van der Waals surface area contributed by atoms with E-state index in [2.05, 4.69) is 47.1 Å². The molecule has 29 heavy (non-hydrogen) atoms. The predicted molar refractivity (Wildman–Crippen MR) is 116 cm³/mol. The quantitative estimate of drug-likeness (QED) is 0.478. The van der Waals surface area contributed by atoms with Crippen molar-refractivity contribution in [2.75, 3.05) is 18.5 Å². The van der Waals surface area contributed by atoms with Crippen LogP contribution in [0.5, 0.6) is 0 Å². The van der Waals surface area contributed by atoms with E-state index in [4.69, 9.17) is 11.3 Å². The summed E-state index contributed by atoms with van der Waals surface area (Å²) in [6.07, 6.45) is 14.4. The summed E-state index contributed by atoms with van der Waals surface area (Å²) >= 11 is 0. The van der Waals surface area contributed by atoms with E-state index < -0.39 is 0 Å². The highest BCUT2D eigenvalue weighted by atomic mass is 16.5. The molecule has 148 valence electrons. The topological polar surface area (TPSA) is 40.6 Å². The van der Waals surface area contributed by atoms with Crippen LogP contribution in [0, 0.1) is 17.9 Å². The molecule has 1 spiro atoms. The molecule has 2 heterocycles. The van der Waals surface area contributed by atoms with Crippen LogP contribution in [0.3, 0.4) is 0 Å². The van der Waals surface area contributed by atoms with Crippen LogP contribution in [-0.2, 0) is 11.2 Å². The van der Waals surface area contributed by atoms with Gasteiger partial charge < -0.3 is 9.64 Å². The minimum atomic E-state index is -0.257. The third kappa shape index (κ3) is 4.08.